The summed E-state index contributed by atoms with van der Waals surface area (Å²) in [5, 5.41) is 18.7. The van der Waals surface area contributed by atoms with E-state index in [-0.39, 0.29) is 11.7 Å². The molecule has 1 heterocycles. The van der Waals surface area contributed by atoms with Crippen LogP contribution in [0.2, 0.25) is 0 Å². The average Bonchev–Trinajstić information content (AvgIpc) is 3.35. The quantitative estimate of drug-likeness (QED) is 0.102. The first-order valence-corrected chi connectivity index (χ1v) is 19.4. The summed E-state index contributed by atoms with van der Waals surface area (Å²) in [4.78, 5) is 13.3. The van der Waals surface area contributed by atoms with Gasteiger partial charge in [0.05, 0.1) is 0 Å². The van der Waals surface area contributed by atoms with Crippen LogP contribution in [0.15, 0.2) is 84.9 Å². The first-order chi connectivity index (χ1) is 24.7. The van der Waals surface area contributed by atoms with Crippen LogP contribution >= 0.6 is 0 Å². The number of fused-ring (bicyclic) bond motifs is 1. The molecule has 5 aromatic rings. The van der Waals surface area contributed by atoms with Gasteiger partial charge < -0.3 is 20.3 Å². The maximum absolute atomic E-state index is 13.3. The molecule has 0 bridgehead atoms. The van der Waals surface area contributed by atoms with Crippen molar-refractivity contribution in [3.63, 3.8) is 0 Å². The summed E-state index contributed by atoms with van der Waals surface area (Å²) < 4.78 is 2.48. The van der Waals surface area contributed by atoms with Gasteiger partial charge in [-0.3, -0.25) is 4.79 Å². The maximum atomic E-state index is 13.3. The molecule has 270 valence electrons. The number of amides is 1. The summed E-state index contributed by atoms with van der Waals surface area (Å²) >= 11 is 0. The van der Waals surface area contributed by atoms with Gasteiger partial charge in [-0.25, -0.2) is 0 Å². The minimum atomic E-state index is -0.172. The number of carbonyl (C=O) groups excluding carboxylic acids is 1. The summed E-state index contributed by atoms with van der Waals surface area (Å²) in [6, 6.07) is 28.5. The monoisotopic (exact) mass is 685 g/mol. The van der Waals surface area contributed by atoms with E-state index in [1.165, 1.54) is 78.5 Å². The second kappa shape index (κ2) is 18.2. The molecular weight excluding hydrogens is 627 g/mol. The van der Waals surface area contributed by atoms with E-state index in [9.17, 15) is 9.90 Å². The van der Waals surface area contributed by atoms with Crippen LogP contribution < -0.4 is 10.6 Å². The van der Waals surface area contributed by atoms with Crippen LogP contribution in [0.4, 0.5) is 5.69 Å². The molecule has 0 saturated heterocycles. The smallest absolute Gasteiger partial charge is 0.255 e. The van der Waals surface area contributed by atoms with Gasteiger partial charge in [0.1, 0.15) is 5.75 Å². The highest BCUT2D eigenvalue weighted by atomic mass is 16.3. The largest absolute Gasteiger partial charge is 0.507 e. The Balaban J connectivity index is 0.000000654. The number of nitrogens with one attached hydrogen (secondary N) is 2. The van der Waals surface area contributed by atoms with Crippen LogP contribution in [-0.2, 0) is 13.0 Å². The second-order valence-electron chi connectivity index (χ2n) is 14.5. The lowest BCUT2D eigenvalue weighted by Gasteiger charge is -2.29. The highest BCUT2D eigenvalue weighted by molar-refractivity contribution is 6.04. The Bertz CT molecular complexity index is 1870. The topological polar surface area (TPSA) is 66.3 Å². The molecule has 5 nitrogen and oxygen atoms in total. The lowest BCUT2D eigenvalue weighted by Crippen LogP contribution is -2.14. The van der Waals surface area contributed by atoms with Crippen LogP contribution in [0.1, 0.15) is 117 Å². The number of nitrogens with zero attached hydrogens (tertiary/aromatic N) is 1. The first-order valence-electron chi connectivity index (χ1n) is 19.4. The Morgan fingerprint density at radius 1 is 0.882 bits per heavy atom. The lowest BCUT2D eigenvalue weighted by atomic mass is 9.76. The van der Waals surface area contributed by atoms with Crippen LogP contribution in [-0.4, -0.2) is 28.7 Å². The van der Waals surface area contributed by atoms with Crippen molar-refractivity contribution < 1.29 is 9.90 Å². The fourth-order valence-electron chi connectivity index (χ4n) is 7.02. The SMILES string of the molecule is CCC(C)CCn1c(C)c(C)c2cc(Cc3ccc(C(=O)Nc4cc(O)c(-c5ccccc5)c(C5CCC5)c4)cc3)ccc21.CCCNCCC. The summed E-state index contributed by atoms with van der Waals surface area (Å²) in [5.74, 6) is 1.17. The zero-order valence-corrected chi connectivity index (χ0v) is 31.8. The van der Waals surface area contributed by atoms with Gasteiger partial charge in [-0.15, -0.1) is 0 Å². The van der Waals surface area contributed by atoms with E-state index >= 15 is 0 Å². The molecule has 6 rings (SSSR count). The van der Waals surface area contributed by atoms with Gasteiger partial charge in [-0.2, -0.15) is 0 Å². The predicted octanol–water partition coefficient (Wildman–Crippen LogP) is 11.6. The number of anilines is 1. The van der Waals surface area contributed by atoms with Gasteiger partial charge in [0, 0.05) is 46.0 Å². The number of benzene rings is 4. The third kappa shape index (κ3) is 9.51. The van der Waals surface area contributed by atoms with Gasteiger partial charge in [-0.05, 0) is 135 Å². The molecule has 1 amide bonds. The minimum absolute atomic E-state index is 0.172. The van der Waals surface area contributed by atoms with Crippen molar-refractivity contribution in [2.75, 3.05) is 18.4 Å². The van der Waals surface area contributed by atoms with E-state index in [1.807, 2.05) is 54.6 Å². The number of hydrogen-bond acceptors (Lipinski definition) is 3. The average molecular weight is 686 g/mol. The normalized spacial score (nSPS) is 13.4. The van der Waals surface area contributed by atoms with Crippen LogP contribution in [0.5, 0.6) is 5.75 Å². The van der Waals surface area contributed by atoms with Crippen molar-refractivity contribution in [2.24, 2.45) is 5.92 Å². The first kappa shape index (κ1) is 37.9. The molecule has 1 aliphatic rings. The van der Waals surface area contributed by atoms with E-state index in [2.05, 4.69) is 81.0 Å². The number of rotatable bonds is 14. The van der Waals surface area contributed by atoms with Gasteiger partial charge in [0.15, 0.2) is 0 Å². The Kier molecular flexibility index (Phi) is 13.5. The van der Waals surface area contributed by atoms with E-state index in [0.717, 1.165) is 48.4 Å². The fraction of sp³-hybridized carbons (Fsp3) is 0.413. The number of aromatic hydroxyl groups is 1. The number of aryl methyl sites for hydroxylation is 2. The Morgan fingerprint density at radius 3 is 2.20 bits per heavy atom. The summed E-state index contributed by atoms with van der Waals surface area (Å²) in [6.45, 7) is 16.9. The maximum Gasteiger partial charge on any atom is 0.255 e. The van der Waals surface area contributed by atoms with Gasteiger partial charge in [-0.1, -0.05) is 89.1 Å². The molecule has 0 spiro atoms. The van der Waals surface area contributed by atoms with E-state index in [0.29, 0.717) is 17.2 Å². The molecule has 1 aromatic heterocycles. The highest BCUT2D eigenvalue weighted by Crippen LogP contribution is 2.46. The zero-order valence-electron chi connectivity index (χ0n) is 31.8. The van der Waals surface area contributed by atoms with Crippen molar-refractivity contribution in [2.45, 2.75) is 105 Å². The minimum Gasteiger partial charge on any atom is -0.507 e. The van der Waals surface area contributed by atoms with Crippen molar-refractivity contribution in [1.29, 1.82) is 0 Å². The third-order valence-corrected chi connectivity index (χ3v) is 10.7. The molecular formula is C46H59N3O2. The van der Waals surface area contributed by atoms with Gasteiger partial charge in [0.2, 0.25) is 0 Å². The van der Waals surface area contributed by atoms with E-state index in [1.54, 1.807) is 6.07 Å². The van der Waals surface area contributed by atoms with Crippen molar-refractivity contribution in [3.05, 3.63) is 118 Å². The van der Waals surface area contributed by atoms with Crippen molar-refractivity contribution in [3.8, 4) is 16.9 Å². The standard InChI is InChI=1S/C40H44N2O2.C6H15N/c1-5-26(2)20-21-42-28(4)27(3)35-23-30(16-19-37(35)42)22-29-14-17-33(18-15-29)40(44)41-34-24-36(31-12-9-13-31)39(38(43)25-34)32-10-7-6-8-11-32;1-3-5-7-6-4-2/h6-8,10-11,14-19,23-26,31,43H,5,9,12-13,20-22H2,1-4H3,(H,41,44);7H,3-6H2,1-2H3. The highest BCUT2D eigenvalue weighted by Gasteiger charge is 2.25. The van der Waals surface area contributed by atoms with Crippen LogP contribution in [0.25, 0.3) is 22.0 Å². The molecule has 1 fully saturated rings. The van der Waals surface area contributed by atoms with E-state index in [4.69, 9.17) is 0 Å². The molecule has 1 aliphatic carbocycles. The van der Waals surface area contributed by atoms with E-state index < -0.39 is 0 Å². The molecule has 1 unspecified atom stereocenters. The number of hydrogen-bond donors (Lipinski definition) is 3. The second-order valence-corrected chi connectivity index (χ2v) is 14.5. The molecule has 51 heavy (non-hydrogen) atoms. The van der Waals surface area contributed by atoms with Crippen molar-refractivity contribution in [1.82, 2.24) is 9.88 Å². The molecule has 5 heteroatoms. The molecule has 3 N–H and O–H groups in total. The molecule has 4 aromatic carbocycles. The number of phenols is 1. The molecule has 1 saturated carbocycles. The Labute approximate surface area is 306 Å². The molecule has 0 aliphatic heterocycles. The zero-order chi connectivity index (χ0) is 36.3. The fourth-order valence-corrected chi connectivity index (χ4v) is 7.02. The Morgan fingerprint density at radius 2 is 1.57 bits per heavy atom. The van der Waals surface area contributed by atoms with Gasteiger partial charge in [0.25, 0.3) is 5.91 Å². The predicted molar refractivity (Wildman–Crippen MR) is 216 cm³/mol. The lowest BCUT2D eigenvalue weighted by molar-refractivity contribution is 0.102. The van der Waals surface area contributed by atoms with Crippen LogP contribution in [0.3, 0.4) is 0 Å². The van der Waals surface area contributed by atoms with Crippen molar-refractivity contribution >= 4 is 22.5 Å². The molecule has 0 radical (unpaired) electrons. The number of phenolic OH excluding ortho intramolecular Hbond substituents is 1. The third-order valence-electron chi connectivity index (χ3n) is 10.7. The van der Waals surface area contributed by atoms with Crippen LogP contribution in [0, 0.1) is 19.8 Å². The molecule has 1 atom stereocenters. The summed E-state index contributed by atoms with van der Waals surface area (Å²) in [6.07, 6.45) is 9.14. The number of aromatic nitrogens is 1. The van der Waals surface area contributed by atoms with Gasteiger partial charge >= 0.3 is 0 Å². The number of carbonyl (C=O) groups is 1. The summed E-state index contributed by atoms with van der Waals surface area (Å²) in [7, 11) is 0. The summed E-state index contributed by atoms with van der Waals surface area (Å²) in [5.41, 5.74) is 10.7. The Hall–Kier alpha value is -4.35.